The Labute approximate surface area is 155 Å². The lowest BCUT2D eigenvalue weighted by molar-refractivity contribution is -0.129. The molecule has 0 bridgehead atoms. The van der Waals surface area contributed by atoms with Gasteiger partial charge in [0.25, 0.3) is 11.1 Å². The summed E-state index contributed by atoms with van der Waals surface area (Å²) in [5, 5.41) is 11.9. The number of carbonyl (C=O) groups is 3. The van der Waals surface area contributed by atoms with Crippen molar-refractivity contribution in [3.05, 3.63) is 28.7 Å². The molecule has 26 heavy (non-hydrogen) atoms. The molecule has 1 aliphatic rings. The third-order valence-corrected chi connectivity index (χ3v) is 4.43. The van der Waals surface area contributed by atoms with Crippen LogP contribution in [0.3, 0.4) is 0 Å². The Morgan fingerprint density at radius 2 is 2.12 bits per heavy atom. The van der Waals surface area contributed by atoms with E-state index in [4.69, 9.17) is 9.47 Å². The molecule has 0 aliphatic carbocycles. The number of imide groups is 1. The van der Waals surface area contributed by atoms with Gasteiger partial charge in [0.15, 0.2) is 11.5 Å². The van der Waals surface area contributed by atoms with Crippen molar-refractivity contribution in [2.45, 2.75) is 6.42 Å². The fraction of sp³-hybridized carbons (Fsp3) is 0.353. The number of hydrogen-bond acceptors (Lipinski definition) is 7. The van der Waals surface area contributed by atoms with Gasteiger partial charge in [-0.05, 0) is 42.0 Å². The van der Waals surface area contributed by atoms with Crippen LogP contribution in [0, 0.1) is 0 Å². The number of amides is 3. The molecule has 0 aromatic heterocycles. The van der Waals surface area contributed by atoms with Gasteiger partial charge in [0.2, 0.25) is 5.91 Å². The lowest BCUT2D eigenvalue weighted by Crippen LogP contribution is -2.39. The van der Waals surface area contributed by atoms with Gasteiger partial charge >= 0.3 is 0 Å². The van der Waals surface area contributed by atoms with E-state index in [0.717, 1.165) is 16.7 Å². The minimum atomic E-state index is -0.539. The Morgan fingerprint density at radius 1 is 1.35 bits per heavy atom. The van der Waals surface area contributed by atoms with Crippen LogP contribution in [0.5, 0.6) is 11.5 Å². The smallest absolute Gasteiger partial charge is 0.294 e. The summed E-state index contributed by atoms with van der Waals surface area (Å²) in [6.07, 6.45) is 2.13. The zero-order valence-electron chi connectivity index (χ0n) is 14.5. The molecule has 2 rings (SSSR count). The Hall–Kier alpha value is -2.52. The van der Waals surface area contributed by atoms with E-state index in [2.05, 4.69) is 5.32 Å². The van der Waals surface area contributed by atoms with E-state index in [1.165, 1.54) is 19.3 Å². The van der Waals surface area contributed by atoms with Crippen LogP contribution in [0.1, 0.15) is 12.0 Å². The summed E-state index contributed by atoms with van der Waals surface area (Å²) in [6, 6.07) is 4.63. The average molecular weight is 380 g/mol. The number of benzene rings is 1. The van der Waals surface area contributed by atoms with Gasteiger partial charge in [-0.15, -0.1) is 0 Å². The first-order chi connectivity index (χ1) is 12.5. The standard InChI is InChI=1S/C17H20N2O6S/c1-24-7-3-6-18-15(21)10-19-16(22)14(26-17(19)23)9-11-4-5-13(25-2)12(20)8-11/h4-5,8-9,20H,3,6-7,10H2,1-2H3,(H,18,21)/b14-9-. The molecule has 1 aliphatic heterocycles. The third kappa shape index (κ3) is 4.99. The molecular formula is C17H20N2O6S. The van der Waals surface area contributed by atoms with Crippen molar-refractivity contribution in [3.8, 4) is 11.5 Å². The number of phenols is 1. The monoisotopic (exact) mass is 380 g/mol. The zero-order chi connectivity index (χ0) is 19.1. The molecule has 3 amide bonds. The molecule has 9 heteroatoms. The molecule has 0 saturated carbocycles. The van der Waals surface area contributed by atoms with Crippen molar-refractivity contribution in [2.24, 2.45) is 0 Å². The number of hydrogen-bond donors (Lipinski definition) is 2. The van der Waals surface area contributed by atoms with E-state index >= 15 is 0 Å². The fourth-order valence-electron chi connectivity index (χ4n) is 2.23. The van der Waals surface area contributed by atoms with Gasteiger partial charge in [-0.1, -0.05) is 6.07 Å². The second-order valence-corrected chi connectivity index (χ2v) is 6.39. The normalized spacial score (nSPS) is 15.6. The van der Waals surface area contributed by atoms with Crippen LogP contribution in [-0.4, -0.2) is 61.0 Å². The van der Waals surface area contributed by atoms with Crippen molar-refractivity contribution >= 4 is 34.9 Å². The van der Waals surface area contributed by atoms with E-state index in [1.54, 1.807) is 19.2 Å². The molecular weight excluding hydrogens is 360 g/mol. The number of carbonyl (C=O) groups excluding carboxylic acids is 3. The van der Waals surface area contributed by atoms with E-state index in [0.29, 0.717) is 30.9 Å². The second-order valence-electron chi connectivity index (χ2n) is 5.40. The Kier molecular flexibility index (Phi) is 7.05. The molecule has 2 N–H and O–H groups in total. The van der Waals surface area contributed by atoms with Crippen LogP contribution in [0.4, 0.5) is 4.79 Å². The van der Waals surface area contributed by atoms with E-state index in [1.807, 2.05) is 0 Å². The molecule has 0 radical (unpaired) electrons. The maximum atomic E-state index is 12.4. The maximum Gasteiger partial charge on any atom is 0.294 e. The highest BCUT2D eigenvalue weighted by molar-refractivity contribution is 8.18. The quantitative estimate of drug-likeness (QED) is 0.521. The molecule has 1 aromatic rings. The first-order valence-corrected chi connectivity index (χ1v) is 8.66. The lowest BCUT2D eigenvalue weighted by atomic mass is 10.2. The predicted octanol–water partition coefficient (Wildman–Crippen LogP) is 1.59. The summed E-state index contributed by atoms with van der Waals surface area (Å²) >= 11 is 0.752. The number of thioether (sulfide) groups is 1. The molecule has 1 heterocycles. The van der Waals surface area contributed by atoms with Gasteiger partial charge in [-0.2, -0.15) is 0 Å². The van der Waals surface area contributed by atoms with E-state index < -0.39 is 17.1 Å². The number of rotatable bonds is 8. The van der Waals surface area contributed by atoms with Crippen LogP contribution >= 0.6 is 11.8 Å². The fourth-order valence-corrected chi connectivity index (χ4v) is 3.07. The van der Waals surface area contributed by atoms with Crippen LogP contribution in [0.15, 0.2) is 23.1 Å². The summed E-state index contributed by atoms with van der Waals surface area (Å²) in [7, 11) is 3.00. The Balaban J connectivity index is 2.01. The molecule has 140 valence electrons. The number of nitrogens with zero attached hydrogens (tertiary/aromatic N) is 1. The Morgan fingerprint density at radius 3 is 2.77 bits per heavy atom. The van der Waals surface area contributed by atoms with Crippen molar-refractivity contribution in [3.63, 3.8) is 0 Å². The van der Waals surface area contributed by atoms with Crippen molar-refractivity contribution in [1.82, 2.24) is 10.2 Å². The summed E-state index contributed by atoms with van der Waals surface area (Å²) in [5.41, 5.74) is 0.540. The highest BCUT2D eigenvalue weighted by Gasteiger charge is 2.36. The highest BCUT2D eigenvalue weighted by Crippen LogP contribution is 2.33. The molecule has 0 atom stereocenters. The van der Waals surface area contributed by atoms with Crippen LogP contribution in [-0.2, 0) is 14.3 Å². The summed E-state index contributed by atoms with van der Waals surface area (Å²) in [4.78, 5) is 37.3. The number of ether oxygens (including phenoxy) is 2. The molecule has 0 unspecified atom stereocenters. The summed E-state index contributed by atoms with van der Waals surface area (Å²) in [5.74, 6) is -0.717. The summed E-state index contributed by atoms with van der Waals surface area (Å²) in [6.45, 7) is 0.589. The first kappa shape index (κ1) is 19.8. The third-order valence-electron chi connectivity index (χ3n) is 3.52. The molecule has 1 aromatic carbocycles. The van der Waals surface area contributed by atoms with Crippen molar-refractivity contribution < 1.29 is 29.0 Å². The van der Waals surface area contributed by atoms with Gasteiger partial charge in [0.05, 0.1) is 12.0 Å². The highest BCUT2D eigenvalue weighted by atomic mass is 32.2. The van der Waals surface area contributed by atoms with Crippen molar-refractivity contribution in [2.75, 3.05) is 33.9 Å². The molecule has 8 nitrogen and oxygen atoms in total. The van der Waals surface area contributed by atoms with Gasteiger partial charge in [-0.25, -0.2) is 0 Å². The summed E-state index contributed by atoms with van der Waals surface area (Å²) < 4.78 is 9.84. The van der Waals surface area contributed by atoms with Crippen LogP contribution in [0.2, 0.25) is 0 Å². The van der Waals surface area contributed by atoms with Gasteiger partial charge in [0, 0.05) is 20.3 Å². The number of nitrogens with one attached hydrogen (secondary N) is 1. The van der Waals surface area contributed by atoms with Crippen molar-refractivity contribution in [1.29, 1.82) is 0 Å². The SMILES string of the molecule is COCCCNC(=O)CN1C(=O)S/C(=C\c2ccc(OC)c(O)c2)C1=O. The van der Waals surface area contributed by atoms with Gasteiger partial charge < -0.3 is 19.9 Å². The topological polar surface area (TPSA) is 105 Å². The minimum Gasteiger partial charge on any atom is -0.504 e. The van der Waals surface area contributed by atoms with E-state index in [-0.39, 0.29) is 17.2 Å². The zero-order valence-corrected chi connectivity index (χ0v) is 15.3. The molecule has 1 fully saturated rings. The number of methoxy groups -OCH3 is 2. The van der Waals surface area contributed by atoms with Crippen LogP contribution in [0.25, 0.3) is 6.08 Å². The average Bonchev–Trinajstić information content (AvgIpc) is 2.86. The molecule has 0 spiro atoms. The van der Waals surface area contributed by atoms with Gasteiger partial charge in [0.1, 0.15) is 6.54 Å². The lowest BCUT2D eigenvalue weighted by Gasteiger charge is -2.12. The van der Waals surface area contributed by atoms with E-state index in [9.17, 15) is 19.5 Å². The van der Waals surface area contributed by atoms with Gasteiger partial charge in [-0.3, -0.25) is 19.3 Å². The number of aromatic hydroxyl groups is 1. The second kappa shape index (κ2) is 9.25. The molecule has 1 saturated heterocycles. The maximum absolute atomic E-state index is 12.4. The first-order valence-electron chi connectivity index (χ1n) is 7.84. The predicted molar refractivity (Wildman–Crippen MR) is 96.8 cm³/mol. The number of phenolic OH excluding ortho intramolecular Hbond substituents is 1. The Bertz CT molecular complexity index is 734. The minimum absolute atomic E-state index is 0.0732. The largest absolute Gasteiger partial charge is 0.504 e. The van der Waals surface area contributed by atoms with Crippen LogP contribution < -0.4 is 10.1 Å².